The van der Waals surface area contributed by atoms with Crippen molar-refractivity contribution in [3.8, 4) is 0 Å². The van der Waals surface area contributed by atoms with Gasteiger partial charge in [-0.1, -0.05) is 30.3 Å². The summed E-state index contributed by atoms with van der Waals surface area (Å²) in [4.78, 5) is 22.8. The molecular weight excluding hydrogens is 322 g/mol. The molecule has 3 N–H and O–H groups in total. The molecule has 0 fully saturated rings. The Balaban J connectivity index is 1.89. The van der Waals surface area contributed by atoms with Crippen LogP contribution in [0.4, 0.5) is 11.4 Å². The molecule has 0 atom stereocenters. The van der Waals surface area contributed by atoms with Gasteiger partial charge in [-0.05, 0) is 48.1 Å². The number of carbonyl (C=O) groups is 2. The number of thiocarbonyl (C=S) groups is 1. The van der Waals surface area contributed by atoms with Crippen molar-refractivity contribution in [2.75, 3.05) is 10.6 Å². The first kappa shape index (κ1) is 17.4. The first-order chi connectivity index (χ1) is 11.5. The lowest BCUT2D eigenvalue weighted by Crippen LogP contribution is -2.32. The summed E-state index contributed by atoms with van der Waals surface area (Å²) in [5, 5.41) is 8.34. The predicted molar refractivity (Wildman–Crippen MR) is 101 cm³/mol. The Labute approximate surface area is 145 Å². The van der Waals surface area contributed by atoms with Gasteiger partial charge in [-0.15, -0.1) is 0 Å². The fraction of sp³-hybridized carbons (Fsp3) is 0.0556. The number of rotatable bonds is 4. The van der Waals surface area contributed by atoms with Crippen LogP contribution in [0.15, 0.2) is 60.7 Å². The molecule has 24 heavy (non-hydrogen) atoms. The van der Waals surface area contributed by atoms with Gasteiger partial charge in [0.2, 0.25) is 11.8 Å². The Bertz CT molecular complexity index is 756. The van der Waals surface area contributed by atoms with Gasteiger partial charge in [-0.3, -0.25) is 9.59 Å². The number of amides is 2. The molecule has 0 unspecified atom stereocenters. The Morgan fingerprint density at radius 2 is 1.50 bits per heavy atom. The second-order valence-corrected chi connectivity index (χ2v) is 5.35. The average Bonchev–Trinajstić information content (AvgIpc) is 2.55. The van der Waals surface area contributed by atoms with Gasteiger partial charge >= 0.3 is 0 Å². The van der Waals surface area contributed by atoms with Crippen LogP contribution in [0.3, 0.4) is 0 Å². The van der Waals surface area contributed by atoms with Crippen molar-refractivity contribution in [3.05, 3.63) is 66.2 Å². The maximum Gasteiger partial charge on any atom is 0.248 e. The lowest BCUT2D eigenvalue weighted by Gasteiger charge is -2.09. The van der Waals surface area contributed by atoms with Crippen molar-refractivity contribution in [2.45, 2.75) is 6.92 Å². The van der Waals surface area contributed by atoms with E-state index in [-0.39, 0.29) is 16.9 Å². The zero-order valence-corrected chi connectivity index (χ0v) is 13.9. The molecule has 0 radical (unpaired) electrons. The molecule has 2 aromatic rings. The summed E-state index contributed by atoms with van der Waals surface area (Å²) in [5.74, 6) is -0.449. The first-order valence-corrected chi connectivity index (χ1v) is 7.66. The van der Waals surface area contributed by atoms with Crippen molar-refractivity contribution < 1.29 is 9.59 Å². The quantitative estimate of drug-likeness (QED) is 0.591. The third-order valence-corrected chi connectivity index (χ3v) is 3.13. The van der Waals surface area contributed by atoms with Crippen LogP contribution in [-0.2, 0) is 9.59 Å². The summed E-state index contributed by atoms with van der Waals surface area (Å²) in [5.41, 5.74) is 2.33. The van der Waals surface area contributed by atoms with Crippen molar-refractivity contribution in [3.63, 3.8) is 0 Å². The predicted octanol–water partition coefficient (Wildman–Crippen LogP) is 3.17. The highest BCUT2D eigenvalue weighted by atomic mass is 32.1. The summed E-state index contributed by atoms with van der Waals surface area (Å²) in [7, 11) is 0. The van der Waals surface area contributed by atoms with Crippen LogP contribution in [0.5, 0.6) is 0 Å². The minimum absolute atomic E-state index is 0.215. The summed E-state index contributed by atoms with van der Waals surface area (Å²) in [6, 6.07) is 16.6. The number of carbonyl (C=O) groups excluding carboxylic acids is 2. The van der Waals surface area contributed by atoms with E-state index in [4.69, 9.17) is 12.2 Å². The average molecular weight is 339 g/mol. The molecule has 0 aliphatic rings. The molecule has 0 spiro atoms. The molecule has 2 rings (SSSR count). The van der Waals surface area contributed by atoms with Crippen LogP contribution < -0.4 is 16.0 Å². The number of hydrogen-bond acceptors (Lipinski definition) is 3. The second-order valence-electron chi connectivity index (χ2n) is 4.95. The third kappa shape index (κ3) is 6.02. The summed E-state index contributed by atoms with van der Waals surface area (Å²) >= 11 is 4.97. The summed E-state index contributed by atoms with van der Waals surface area (Å²) in [6.45, 7) is 1.38. The van der Waals surface area contributed by atoms with Gasteiger partial charge in [0.15, 0.2) is 5.11 Å². The van der Waals surface area contributed by atoms with E-state index in [0.717, 1.165) is 5.56 Å². The van der Waals surface area contributed by atoms with E-state index in [2.05, 4.69) is 16.0 Å². The van der Waals surface area contributed by atoms with Crippen LogP contribution >= 0.6 is 12.2 Å². The first-order valence-electron chi connectivity index (χ1n) is 7.26. The molecule has 0 saturated carbocycles. The van der Waals surface area contributed by atoms with Crippen LogP contribution in [0.2, 0.25) is 0 Å². The Morgan fingerprint density at radius 1 is 0.917 bits per heavy atom. The van der Waals surface area contributed by atoms with Crippen LogP contribution in [0.25, 0.3) is 6.08 Å². The fourth-order valence-electron chi connectivity index (χ4n) is 1.88. The largest absolute Gasteiger partial charge is 0.332 e. The van der Waals surface area contributed by atoms with Crippen molar-refractivity contribution in [1.29, 1.82) is 0 Å². The molecule has 122 valence electrons. The number of hydrogen-bond donors (Lipinski definition) is 3. The molecule has 2 amide bonds. The zero-order valence-electron chi connectivity index (χ0n) is 13.1. The molecule has 0 saturated heterocycles. The van der Waals surface area contributed by atoms with E-state index in [1.807, 2.05) is 30.3 Å². The molecule has 0 aliphatic carbocycles. The van der Waals surface area contributed by atoms with Gasteiger partial charge in [-0.2, -0.15) is 0 Å². The smallest absolute Gasteiger partial charge is 0.248 e. The topological polar surface area (TPSA) is 70.2 Å². The molecular formula is C18H17N3O2S. The van der Waals surface area contributed by atoms with Crippen molar-refractivity contribution in [1.82, 2.24) is 5.32 Å². The molecule has 2 aromatic carbocycles. The van der Waals surface area contributed by atoms with Gasteiger partial charge < -0.3 is 16.0 Å². The monoisotopic (exact) mass is 339 g/mol. The van der Waals surface area contributed by atoms with E-state index in [9.17, 15) is 9.59 Å². The summed E-state index contributed by atoms with van der Waals surface area (Å²) < 4.78 is 0. The summed E-state index contributed by atoms with van der Waals surface area (Å²) in [6.07, 6.45) is 3.23. The van der Waals surface area contributed by atoms with Crippen LogP contribution in [0.1, 0.15) is 12.5 Å². The molecule has 0 heterocycles. The van der Waals surface area contributed by atoms with Gasteiger partial charge in [0, 0.05) is 24.4 Å². The van der Waals surface area contributed by atoms with Crippen molar-refractivity contribution in [2.24, 2.45) is 0 Å². The lowest BCUT2D eigenvalue weighted by molar-refractivity contribution is -0.117. The van der Waals surface area contributed by atoms with Crippen LogP contribution in [-0.4, -0.2) is 16.9 Å². The third-order valence-electron chi connectivity index (χ3n) is 2.93. The maximum atomic E-state index is 11.9. The Kier molecular flexibility index (Phi) is 6.22. The second kappa shape index (κ2) is 8.59. The SMILES string of the molecule is CC(=O)NC(=S)Nc1ccc(NC(=O)/C=C/c2ccccc2)cc1. The van der Waals surface area contributed by atoms with E-state index in [1.54, 1.807) is 30.3 Å². The van der Waals surface area contributed by atoms with E-state index in [0.29, 0.717) is 11.4 Å². The minimum atomic E-state index is -0.235. The Hall–Kier alpha value is -2.99. The molecule has 5 nitrogen and oxygen atoms in total. The van der Waals surface area contributed by atoms with Gasteiger partial charge in [-0.25, -0.2) is 0 Å². The fourth-order valence-corrected chi connectivity index (χ4v) is 2.14. The van der Waals surface area contributed by atoms with Gasteiger partial charge in [0.1, 0.15) is 0 Å². The molecule has 0 aromatic heterocycles. The highest BCUT2D eigenvalue weighted by Crippen LogP contribution is 2.13. The van der Waals surface area contributed by atoms with E-state index < -0.39 is 0 Å². The normalized spacial score (nSPS) is 10.2. The Morgan fingerprint density at radius 3 is 2.08 bits per heavy atom. The number of nitrogens with one attached hydrogen (secondary N) is 3. The lowest BCUT2D eigenvalue weighted by atomic mass is 10.2. The highest BCUT2D eigenvalue weighted by molar-refractivity contribution is 7.80. The van der Waals surface area contributed by atoms with Gasteiger partial charge in [0.25, 0.3) is 0 Å². The van der Waals surface area contributed by atoms with Crippen LogP contribution in [0, 0.1) is 0 Å². The number of anilines is 2. The van der Waals surface area contributed by atoms with Crippen molar-refractivity contribution >= 4 is 46.6 Å². The van der Waals surface area contributed by atoms with E-state index >= 15 is 0 Å². The number of benzene rings is 2. The maximum absolute atomic E-state index is 11.9. The standard InChI is InChI=1S/C18H17N3O2S/c1-13(22)19-18(24)21-16-10-8-15(9-11-16)20-17(23)12-7-14-5-3-2-4-6-14/h2-12H,1H3,(H,20,23)(H2,19,21,22,24)/b12-7+. The molecule has 0 bridgehead atoms. The van der Waals surface area contributed by atoms with E-state index in [1.165, 1.54) is 13.0 Å². The molecule has 0 aliphatic heterocycles. The molecule has 6 heteroatoms. The highest BCUT2D eigenvalue weighted by Gasteiger charge is 2.01. The zero-order chi connectivity index (χ0) is 17.4. The van der Waals surface area contributed by atoms with Gasteiger partial charge in [0.05, 0.1) is 0 Å². The minimum Gasteiger partial charge on any atom is -0.332 e.